The quantitative estimate of drug-likeness (QED) is 0.860. The highest BCUT2D eigenvalue weighted by Gasteiger charge is 2.30. The number of halogens is 1. The average Bonchev–Trinajstić information content (AvgIpc) is 2.93. The zero-order chi connectivity index (χ0) is 16.1. The molecule has 2 rings (SSSR count). The van der Waals surface area contributed by atoms with E-state index in [1.165, 1.54) is 0 Å². The van der Waals surface area contributed by atoms with Crippen LogP contribution in [0.25, 0.3) is 0 Å². The Morgan fingerprint density at radius 2 is 2.14 bits per heavy atom. The SMILES string of the molecule is C[C@H](CNC(=O)N[C@@H]1CCO[C@@H]1c1ccc(Cl)cc1)[S@](C)=O. The zero-order valence-corrected chi connectivity index (χ0v) is 14.2. The number of hydrogen-bond acceptors (Lipinski definition) is 3. The van der Waals surface area contributed by atoms with Crippen molar-refractivity contribution in [2.45, 2.75) is 30.7 Å². The summed E-state index contributed by atoms with van der Waals surface area (Å²) in [7, 11) is -0.949. The van der Waals surface area contributed by atoms with Crippen LogP contribution in [0.3, 0.4) is 0 Å². The molecule has 1 aromatic rings. The number of nitrogens with one attached hydrogen (secondary N) is 2. The van der Waals surface area contributed by atoms with E-state index in [-0.39, 0.29) is 23.4 Å². The fourth-order valence-electron chi connectivity index (χ4n) is 2.29. The molecule has 1 fully saturated rings. The maximum Gasteiger partial charge on any atom is 0.315 e. The van der Waals surface area contributed by atoms with Crippen LogP contribution < -0.4 is 10.6 Å². The first-order valence-corrected chi connectivity index (χ1v) is 9.21. The lowest BCUT2D eigenvalue weighted by atomic mass is 10.0. The highest BCUT2D eigenvalue weighted by atomic mass is 35.5. The summed E-state index contributed by atoms with van der Waals surface area (Å²) in [6.07, 6.45) is 2.22. The van der Waals surface area contributed by atoms with Gasteiger partial charge in [0.15, 0.2) is 0 Å². The van der Waals surface area contributed by atoms with Gasteiger partial charge in [0.2, 0.25) is 0 Å². The third-order valence-electron chi connectivity index (χ3n) is 3.72. The molecule has 0 aliphatic carbocycles. The maximum absolute atomic E-state index is 12.0. The molecule has 0 bridgehead atoms. The minimum Gasteiger partial charge on any atom is -0.371 e. The molecule has 7 heteroatoms. The average molecular weight is 345 g/mol. The molecular weight excluding hydrogens is 324 g/mol. The molecule has 0 radical (unpaired) electrons. The first-order chi connectivity index (χ1) is 10.5. The molecule has 2 amide bonds. The molecule has 1 heterocycles. The summed E-state index contributed by atoms with van der Waals surface area (Å²) in [6.45, 7) is 2.83. The van der Waals surface area contributed by atoms with Crippen molar-refractivity contribution in [3.63, 3.8) is 0 Å². The summed E-state index contributed by atoms with van der Waals surface area (Å²) in [5.74, 6) is 0. The first-order valence-electron chi connectivity index (χ1n) is 7.21. The van der Waals surface area contributed by atoms with Crippen LogP contribution in [0.1, 0.15) is 25.0 Å². The number of benzene rings is 1. The van der Waals surface area contributed by atoms with Gasteiger partial charge in [-0.1, -0.05) is 23.7 Å². The van der Waals surface area contributed by atoms with Gasteiger partial charge in [-0.2, -0.15) is 0 Å². The van der Waals surface area contributed by atoms with Crippen LogP contribution in [-0.4, -0.2) is 40.9 Å². The molecule has 2 N–H and O–H groups in total. The minimum absolute atomic E-state index is 0.0716. The normalized spacial score (nSPS) is 23.8. The van der Waals surface area contributed by atoms with E-state index in [9.17, 15) is 9.00 Å². The van der Waals surface area contributed by atoms with Crippen molar-refractivity contribution in [1.82, 2.24) is 10.6 Å². The van der Waals surface area contributed by atoms with Crippen LogP contribution in [0.15, 0.2) is 24.3 Å². The van der Waals surface area contributed by atoms with Crippen molar-refractivity contribution in [3.8, 4) is 0 Å². The predicted octanol–water partition coefficient (Wildman–Crippen LogP) is 2.24. The Balaban J connectivity index is 1.89. The molecule has 0 spiro atoms. The Morgan fingerprint density at radius 1 is 1.45 bits per heavy atom. The summed E-state index contributed by atoms with van der Waals surface area (Å²) < 4.78 is 17.0. The van der Waals surface area contributed by atoms with E-state index in [4.69, 9.17) is 16.3 Å². The van der Waals surface area contributed by atoms with Gasteiger partial charge in [0, 0.05) is 40.5 Å². The van der Waals surface area contributed by atoms with Crippen LogP contribution in [0, 0.1) is 0 Å². The Morgan fingerprint density at radius 3 is 2.77 bits per heavy atom. The second-order valence-electron chi connectivity index (χ2n) is 5.40. The lowest BCUT2D eigenvalue weighted by molar-refractivity contribution is 0.0999. The van der Waals surface area contributed by atoms with Crippen LogP contribution in [-0.2, 0) is 15.5 Å². The molecule has 22 heavy (non-hydrogen) atoms. The summed E-state index contributed by atoms with van der Waals surface area (Å²) in [6, 6.07) is 7.11. The van der Waals surface area contributed by atoms with Gasteiger partial charge in [0.25, 0.3) is 0 Å². The highest BCUT2D eigenvalue weighted by Crippen LogP contribution is 2.29. The van der Waals surface area contributed by atoms with Crippen LogP contribution in [0.2, 0.25) is 5.02 Å². The van der Waals surface area contributed by atoms with E-state index < -0.39 is 10.8 Å². The maximum atomic E-state index is 12.0. The summed E-state index contributed by atoms with van der Waals surface area (Å²) in [5, 5.41) is 6.28. The smallest absolute Gasteiger partial charge is 0.315 e. The van der Waals surface area contributed by atoms with Crippen molar-refractivity contribution in [2.75, 3.05) is 19.4 Å². The first kappa shape index (κ1) is 17.2. The molecule has 1 aliphatic rings. The lowest BCUT2D eigenvalue weighted by Crippen LogP contribution is -2.45. The van der Waals surface area contributed by atoms with Crippen molar-refractivity contribution in [3.05, 3.63) is 34.9 Å². The van der Waals surface area contributed by atoms with Crippen molar-refractivity contribution in [1.29, 1.82) is 0 Å². The van der Waals surface area contributed by atoms with E-state index in [0.717, 1.165) is 12.0 Å². The predicted molar refractivity (Wildman–Crippen MR) is 88.6 cm³/mol. The summed E-state index contributed by atoms with van der Waals surface area (Å²) in [4.78, 5) is 12.0. The molecule has 1 saturated heterocycles. The van der Waals surface area contributed by atoms with Gasteiger partial charge in [-0.3, -0.25) is 4.21 Å². The highest BCUT2D eigenvalue weighted by molar-refractivity contribution is 7.84. The van der Waals surface area contributed by atoms with Gasteiger partial charge < -0.3 is 15.4 Å². The van der Waals surface area contributed by atoms with Gasteiger partial charge in [-0.25, -0.2) is 4.79 Å². The third kappa shape index (κ3) is 4.69. The van der Waals surface area contributed by atoms with Crippen molar-refractivity contribution < 1.29 is 13.7 Å². The number of rotatable bonds is 5. The van der Waals surface area contributed by atoms with Crippen LogP contribution >= 0.6 is 11.6 Å². The van der Waals surface area contributed by atoms with Gasteiger partial charge >= 0.3 is 6.03 Å². The number of hydrogen-bond donors (Lipinski definition) is 2. The van der Waals surface area contributed by atoms with Crippen molar-refractivity contribution >= 4 is 28.4 Å². The standard InChI is InChI=1S/C15H21ClN2O3S/c1-10(22(2)20)9-17-15(19)18-13-7-8-21-14(13)11-3-5-12(16)6-4-11/h3-6,10,13-14H,7-9H2,1-2H3,(H2,17,18,19)/t10-,13-,14-,22+/m1/s1. The van der Waals surface area contributed by atoms with Gasteiger partial charge in [-0.15, -0.1) is 0 Å². The number of carbonyl (C=O) groups is 1. The van der Waals surface area contributed by atoms with E-state index in [0.29, 0.717) is 18.2 Å². The van der Waals surface area contributed by atoms with E-state index in [1.807, 2.05) is 31.2 Å². The molecule has 1 aliphatic heterocycles. The molecule has 4 atom stereocenters. The number of urea groups is 1. The zero-order valence-electron chi connectivity index (χ0n) is 12.7. The molecule has 0 saturated carbocycles. The molecular formula is C15H21ClN2O3S. The van der Waals surface area contributed by atoms with Crippen molar-refractivity contribution in [2.24, 2.45) is 0 Å². The second-order valence-corrected chi connectivity index (χ2v) is 7.64. The molecule has 0 aromatic heterocycles. The van der Waals surface area contributed by atoms with Crippen LogP contribution in [0.4, 0.5) is 4.79 Å². The van der Waals surface area contributed by atoms with Gasteiger partial charge in [0.05, 0.1) is 6.04 Å². The Hall–Kier alpha value is -1.11. The number of carbonyl (C=O) groups excluding carboxylic acids is 1. The fourth-order valence-corrected chi connectivity index (χ4v) is 2.74. The molecule has 0 unspecified atom stereocenters. The lowest BCUT2D eigenvalue weighted by Gasteiger charge is -2.21. The summed E-state index contributed by atoms with van der Waals surface area (Å²) >= 11 is 5.89. The number of amides is 2. The monoisotopic (exact) mass is 344 g/mol. The fraction of sp³-hybridized carbons (Fsp3) is 0.533. The Kier molecular flexibility index (Phi) is 6.23. The summed E-state index contributed by atoms with van der Waals surface area (Å²) in [5.41, 5.74) is 0.996. The third-order valence-corrected chi connectivity index (χ3v) is 5.28. The number of ether oxygens (including phenoxy) is 1. The van der Waals surface area contributed by atoms with E-state index in [1.54, 1.807) is 6.26 Å². The second kappa shape index (κ2) is 7.94. The Labute approximate surface area is 138 Å². The van der Waals surface area contributed by atoms with Crippen LogP contribution in [0.5, 0.6) is 0 Å². The Bertz CT molecular complexity index is 538. The van der Waals surface area contributed by atoms with Gasteiger partial charge in [0.1, 0.15) is 6.10 Å². The molecule has 5 nitrogen and oxygen atoms in total. The van der Waals surface area contributed by atoms with Gasteiger partial charge in [-0.05, 0) is 31.0 Å². The largest absolute Gasteiger partial charge is 0.371 e. The minimum atomic E-state index is -0.949. The molecule has 1 aromatic carbocycles. The van der Waals surface area contributed by atoms with E-state index >= 15 is 0 Å². The van der Waals surface area contributed by atoms with E-state index in [2.05, 4.69) is 10.6 Å². The topological polar surface area (TPSA) is 67.4 Å². The molecule has 122 valence electrons.